The highest BCUT2D eigenvalue weighted by molar-refractivity contribution is 6.30. The van der Waals surface area contributed by atoms with Gasteiger partial charge in [-0.3, -0.25) is 4.79 Å². The molecule has 29 heavy (non-hydrogen) atoms. The summed E-state index contributed by atoms with van der Waals surface area (Å²) in [7, 11) is 1.79. The Labute approximate surface area is 176 Å². The molecule has 2 aromatic rings. The molecule has 1 N–H and O–H groups in total. The van der Waals surface area contributed by atoms with Crippen LogP contribution in [0.2, 0.25) is 5.02 Å². The smallest absolute Gasteiger partial charge is 0.318 e. The Morgan fingerprint density at radius 1 is 1.14 bits per heavy atom. The number of halogens is 1. The van der Waals surface area contributed by atoms with E-state index in [1.165, 1.54) is 0 Å². The molecule has 0 radical (unpaired) electrons. The van der Waals surface area contributed by atoms with E-state index in [2.05, 4.69) is 17.4 Å². The lowest BCUT2D eigenvalue weighted by molar-refractivity contribution is -0.134. The van der Waals surface area contributed by atoms with E-state index in [4.69, 9.17) is 11.6 Å². The standard InChI is InChI=1S/C23H26ClN3O2/c1-26(16-17-9-11-19(24)12-10-17)21(28)20-8-5-15-27(20)22(29)25-23(13-14-23)18-6-3-2-4-7-18/h2-4,6-7,9-12,20H,5,8,13-16H2,1H3,(H,25,29). The molecule has 1 aliphatic heterocycles. The van der Waals surface area contributed by atoms with Gasteiger partial charge in [-0.2, -0.15) is 0 Å². The van der Waals surface area contributed by atoms with E-state index in [0.717, 1.165) is 30.4 Å². The van der Waals surface area contributed by atoms with Gasteiger partial charge in [-0.25, -0.2) is 4.79 Å². The van der Waals surface area contributed by atoms with Crippen LogP contribution in [0.3, 0.4) is 0 Å². The number of likely N-dealkylation sites (N-methyl/N-ethyl adjacent to an activating group) is 1. The number of amides is 3. The number of benzene rings is 2. The van der Waals surface area contributed by atoms with Crippen LogP contribution in [-0.4, -0.2) is 41.4 Å². The van der Waals surface area contributed by atoms with Crippen LogP contribution in [0.4, 0.5) is 4.79 Å². The molecule has 6 heteroatoms. The van der Waals surface area contributed by atoms with Crippen LogP contribution in [0.15, 0.2) is 54.6 Å². The number of nitrogens with one attached hydrogen (secondary N) is 1. The van der Waals surface area contributed by atoms with Crippen LogP contribution in [0, 0.1) is 0 Å². The van der Waals surface area contributed by atoms with Crippen LogP contribution in [0.1, 0.15) is 36.8 Å². The summed E-state index contributed by atoms with van der Waals surface area (Å²) in [4.78, 5) is 29.5. The van der Waals surface area contributed by atoms with Crippen molar-refractivity contribution in [3.05, 3.63) is 70.7 Å². The van der Waals surface area contributed by atoms with Crippen molar-refractivity contribution in [1.82, 2.24) is 15.1 Å². The molecule has 1 saturated heterocycles. The number of carbonyl (C=O) groups is 2. The Bertz CT molecular complexity index is 881. The van der Waals surface area contributed by atoms with Crippen molar-refractivity contribution in [3.8, 4) is 0 Å². The van der Waals surface area contributed by atoms with Crippen molar-refractivity contribution in [1.29, 1.82) is 0 Å². The molecule has 152 valence electrons. The van der Waals surface area contributed by atoms with Gasteiger partial charge in [0.15, 0.2) is 0 Å². The highest BCUT2D eigenvalue weighted by Crippen LogP contribution is 2.45. The Balaban J connectivity index is 1.41. The van der Waals surface area contributed by atoms with Gasteiger partial charge < -0.3 is 15.1 Å². The summed E-state index contributed by atoms with van der Waals surface area (Å²) in [6.45, 7) is 1.11. The molecule has 5 nitrogen and oxygen atoms in total. The van der Waals surface area contributed by atoms with Crippen LogP contribution < -0.4 is 5.32 Å². The number of hydrogen-bond acceptors (Lipinski definition) is 2. The first-order chi connectivity index (χ1) is 14.0. The van der Waals surface area contributed by atoms with E-state index in [1.807, 2.05) is 42.5 Å². The molecule has 1 atom stereocenters. The third-order valence-electron chi connectivity index (χ3n) is 5.93. The summed E-state index contributed by atoms with van der Waals surface area (Å²) in [6.07, 6.45) is 3.42. The zero-order valence-corrected chi connectivity index (χ0v) is 17.4. The van der Waals surface area contributed by atoms with Crippen LogP contribution >= 0.6 is 11.6 Å². The summed E-state index contributed by atoms with van der Waals surface area (Å²) in [6, 6.07) is 17.0. The maximum Gasteiger partial charge on any atom is 0.318 e. The highest BCUT2D eigenvalue weighted by atomic mass is 35.5. The lowest BCUT2D eigenvalue weighted by Crippen LogP contribution is -2.51. The Morgan fingerprint density at radius 2 is 1.83 bits per heavy atom. The van der Waals surface area contributed by atoms with E-state index in [-0.39, 0.29) is 17.5 Å². The van der Waals surface area contributed by atoms with Crippen molar-refractivity contribution in [3.63, 3.8) is 0 Å². The first kappa shape index (κ1) is 19.8. The lowest BCUT2D eigenvalue weighted by Gasteiger charge is -2.30. The predicted molar refractivity (Wildman–Crippen MR) is 114 cm³/mol. The molecule has 1 heterocycles. The van der Waals surface area contributed by atoms with E-state index >= 15 is 0 Å². The van der Waals surface area contributed by atoms with Gasteiger partial charge in [0.05, 0.1) is 5.54 Å². The first-order valence-electron chi connectivity index (χ1n) is 10.1. The number of nitrogens with zero attached hydrogens (tertiary/aromatic N) is 2. The second-order valence-electron chi connectivity index (χ2n) is 8.05. The summed E-state index contributed by atoms with van der Waals surface area (Å²) in [5, 5.41) is 3.88. The molecule has 2 fully saturated rings. The fourth-order valence-corrected chi connectivity index (χ4v) is 4.23. The zero-order valence-electron chi connectivity index (χ0n) is 16.6. The fraction of sp³-hybridized carbons (Fsp3) is 0.391. The van der Waals surface area contributed by atoms with Crippen molar-refractivity contribution in [2.24, 2.45) is 0 Å². The van der Waals surface area contributed by atoms with Gasteiger partial charge in [0.25, 0.3) is 0 Å². The summed E-state index contributed by atoms with van der Waals surface area (Å²) in [5.41, 5.74) is 1.87. The highest BCUT2D eigenvalue weighted by Gasteiger charge is 2.47. The normalized spacial score (nSPS) is 19.7. The minimum absolute atomic E-state index is 0.0165. The van der Waals surface area contributed by atoms with Crippen molar-refractivity contribution in [2.45, 2.75) is 43.8 Å². The van der Waals surface area contributed by atoms with Gasteiger partial charge in [0.2, 0.25) is 5.91 Å². The Hall–Kier alpha value is -2.53. The minimum atomic E-state index is -0.404. The van der Waals surface area contributed by atoms with Crippen molar-refractivity contribution < 1.29 is 9.59 Å². The van der Waals surface area contributed by atoms with Gasteiger partial charge >= 0.3 is 6.03 Å². The van der Waals surface area contributed by atoms with E-state index in [9.17, 15) is 9.59 Å². The topological polar surface area (TPSA) is 52.7 Å². The maximum atomic E-state index is 13.1. The number of hydrogen-bond donors (Lipinski definition) is 1. The maximum absolute atomic E-state index is 13.1. The van der Waals surface area contributed by atoms with Gasteiger partial charge in [-0.05, 0) is 48.9 Å². The number of urea groups is 1. The van der Waals surface area contributed by atoms with E-state index in [0.29, 0.717) is 24.5 Å². The molecule has 0 aromatic heterocycles. The third-order valence-corrected chi connectivity index (χ3v) is 6.18. The van der Waals surface area contributed by atoms with Crippen LogP contribution in [0.5, 0.6) is 0 Å². The molecule has 1 unspecified atom stereocenters. The largest absolute Gasteiger partial charge is 0.340 e. The molecule has 2 aromatic carbocycles. The second kappa shape index (κ2) is 8.07. The summed E-state index contributed by atoms with van der Waals surface area (Å²) >= 11 is 5.94. The Morgan fingerprint density at radius 3 is 2.48 bits per heavy atom. The van der Waals surface area contributed by atoms with Gasteiger partial charge in [-0.15, -0.1) is 0 Å². The van der Waals surface area contributed by atoms with E-state index < -0.39 is 6.04 Å². The van der Waals surface area contributed by atoms with Gasteiger partial charge in [0, 0.05) is 25.2 Å². The predicted octanol–water partition coefficient (Wildman–Crippen LogP) is 4.16. The quantitative estimate of drug-likeness (QED) is 0.803. The molecule has 1 aliphatic carbocycles. The molecule has 0 spiro atoms. The van der Waals surface area contributed by atoms with Gasteiger partial charge in [-0.1, -0.05) is 54.1 Å². The molecule has 3 amide bonds. The molecule has 4 rings (SSSR count). The molecular formula is C23H26ClN3O2. The molecular weight excluding hydrogens is 386 g/mol. The van der Waals surface area contributed by atoms with E-state index in [1.54, 1.807) is 16.8 Å². The third kappa shape index (κ3) is 4.25. The number of rotatable bonds is 5. The average Bonchev–Trinajstić information content (AvgIpc) is 3.34. The van der Waals surface area contributed by atoms with Crippen molar-refractivity contribution >= 4 is 23.5 Å². The van der Waals surface area contributed by atoms with Crippen molar-refractivity contribution in [2.75, 3.05) is 13.6 Å². The number of likely N-dealkylation sites (tertiary alicyclic amines) is 1. The second-order valence-corrected chi connectivity index (χ2v) is 8.49. The molecule has 2 aliphatic rings. The number of carbonyl (C=O) groups excluding carboxylic acids is 2. The van der Waals surface area contributed by atoms with Gasteiger partial charge in [0.1, 0.15) is 6.04 Å². The zero-order chi connectivity index (χ0) is 20.4. The Kier molecular flexibility index (Phi) is 5.50. The summed E-state index contributed by atoms with van der Waals surface area (Å²) in [5.74, 6) is -0.0165. The SMILES string of the molecule is CN(Cc1ccc(Cl)cc1)C(=O)C1CCCN1C(=O)NC1(c2ccccc2)CC1. The average molecular weight is 412 g/mol. The van der Waals surface area contributed by atoms with Crippen LogP contribution in [0.25, 0.3) is 0 Å². The first-order valence-corrected chi connectivity index (χ1v) is 10.5. The molecule has 0 bridgehead atoms. The molecule has 1 saturated carbocycles. The minimum Gasteiger partial charge on any atom is -0.340 e. The lowest BCUT2D eigenvalue weighted by atomic mass is 10.1. The fourth-order valence-electron chi connectivity index (χ4n) is 4.11. The summed E-state index contributed by atoms with van der Waals surface area (Å²) < 4.78 is 0. The van der Waals surface area contributed by atoms with Crippen LogP contribution in [-0.2, 0) is 16.9 Å². The monoisotopic (exact) mass is 411 g/mol.